The molecule has 0 saturated carbocycles. The Morgan fingerprint density at radius 1 is 1.00 bits per heavy atom. The molecule has 9 heteroatoms. The van der Waals surface area contributed by atoms with Crippen molar-refractivity contribution >= 4 is 17.7 Å². The molecule has 3 heterocycles. The second kappa shape index (κ2) is 8.25. The number of aromatic nitrogens is 2. The van der Waals surface area contributed by atoms with Crippen molar-refractivity contribution < 1.29 is 19.0 Å². The molecule has 1 amide bonds. The van der Waals surface area contributed by atoms with Crippen LogP contribution in [0.4, 0.5) is 11.8 Å². The molecule has 9 nitrogen and oxygen atoms in total. The number of methoxy groups -OCH3 is 3. The van der Waals surface area contributed by atoms with Crippen LogP contribution >= 0.6 is 0 Å². The molecule has 1 fully saturated rings. The molecule has 1 saturated heterocycles. The Morgan fingerprint density at radius 3 is 2.40 bits per heavy atom. The third-order valence-electron chi connectivity index (χ3n) is 5.70. The highest BCUT2D eigenvalue weighted by Crippen LogP contribution is 2.46. The summed E-state index contributed by atoms with van der Waals surface area (Å²) < 4.78 is 16.4. The van der Waals surface area contributed by atoms with Crippen molar-refractivity contribution in [2.24, 2.45) is 0 Å². The Hall–Kier alpha value is -3.23. The summed E-state index contributed by atoms with van der Waals surface area (Å²) in [5, 5.41) is 2.78. The average Bonchev–Trinajstić information content (AvgIpc) is 2.77. The number of aromatic amines is 1. The van der Waals surface area contributed by atoms with E-state index in [1.165, 1.54) is 27.8 Å². The van der Waals surface area contributed by atoms with Crippen molar-refractivity contribution in [3.63, 3.8) is 0 Å². The molecule has 1 aromatic carbocycles. The van der Waals surface area contributed by atoms with Crippen molar-refractivity contribution in [3.05, 3.63) is 33.6 Å². The number of H-pyrrole nitrogens is 1. The van der Waals surface area contributed by atoms with Gasteiger partial charge >= 0.3 is 0 Å². The molecule has 2 N–H and O–H groups in total. The van der Waals surface area contributed by atoms with E-state index in [0.29, 0.717) is 40.1 Å². The van der Waals surface area contributed by atoms with Crippen LogP contribution in [0.3, 0.4) is 0 Å². The van der Waals surface area contributed by atoms with Gasteiger partial charge in [0, 0.05) is 31.0 Å². The molecular weight excluding hydrogens is 388 g/mol. The number of hydrogen-bond donors (Lipinski definition) is 2. The van der Waals surface area contributed by atoms with Gasteiger partial charge in [-0.3, -0.25) is 14.6 Å². The number of benzene rings is 1. The Bertz CT molecular complexity index is 1010. The molecular formula is C21H26N4O5. The monoisotopic (exact) mass is 414 g/mol. The molecule has 160 valence electrons. The standard InChI is InChI=1S/C21H26N4O5/c1-28-14-8-7-12(17(29-2)18(14)30-3)13-11-15(26)22-19-16(13)20(27)24-21(23-19)25-9-5-4-6-10-25/h7-8,13H,4-6,9-11H2,1-3H3,(H2,22,23,24,26,27). The van der Waals surface area contributed by atoms with E-state index in [9.17, 15) is 9.59 Å². The van der Waals surface area contributed by atoms with E-state index in [0.717, 1.165) is 25.9 Å². The molecule has 30 heavy (non-hydrogen) atoms. The number of piperidine rings is 1. The molecule has 1 atom stereocenters. The van der Waals surface area contributed by atoms with E-state index in [1.54, 1.807) is 12.1 Å². The zero-order chi connectivity index (χ0) is 21.3. The first-order valence-electron chi connectivity index (χ1n) is 10.0. The van der Waals surface area contributed by atoms with Gasteiger partial charge < -0.3 is 24.4 Å². The second-order valence-corrected chi connectivity index (χ2v) is 7.43. The van der Waals surface area contributed by atoms with Gasteiger partial charge in [0.15, 0.2) is 11.5 Å². The van der Waals surface area contributed by atoms with Crippen LogP contribution in [0, 0.1) is 0 Å². The van der Waals surface area contributed by atoms with Crippen LogP contribution in [-0.4, -0.2) is 50.3 Å². The van der Waals surface area contributed by atoms with Gasteiger partial charge in [-0.1, -0.05) is 6.07 Å². The smallest absolute Gasteiger partial charge is 0.258 e. The first kappa shape index (κ1) is 20.1. The lowest BCUT2D eigenvalue weighted by Crippen LogP contribution is -2.36. The lowest BCUT2D eigenvalue weighted by atomic mass is 9.86. The van der Waals surface area contributed by atoms with E-state index >= 15 is 0 Å². The number of rotatable bonds is 5. The van der Waals surface area contributed by atoms with E-state index in [4.69, 9.17) is 14.2 Å². The van der Waals surface area contributed by atoms with Gasteiger partial charge in [0.05, 0.1) is 26.9 Å². The van der Waals surface area contributed by atoms with Crippen LogP contribution in [0.25, 0.3) is 0 Å². The maximum Gasteiger partial charge on any atom is 0.258 e. The van der Waals surface area contributed by atoms with Gasteiger partial charge in [-0.05, 0) is 25.3 Å². The Labute approximate surface area is 174 Å². The van der Waals surface area contributed by atoms with Crippen LogP contribution in [0.2, 0.25) is 0 Å². The average molecular weight is 414 g/mol. The van der Waals surface area contributed by atoms with E-state index in [-0.39, 0.29) is 17.9 Å². The fourth-order valence-corrected chi connectivity index (χ4v) is 4.28. The van der Waals surface area contributed by atoms with Gasteiger partial charge in [-0.15, -0.1) is 0 Å². The number of carbonyl (C=O) groups excluding carboxylic acids is 1. The largest absolute Gasteiger partial charge is 0.493 e. The van der Waals surface area contributed by atoms with E-state index in [1.807, 2.05) is 0 Å². The molecule has 2 aliphatic heterocycles. The van der Waals surface area contributed by atoms with E-state index in [2.05, 4.69) is 20.2 Å². The molecule has 2 aromatic rings. The second-order valence-electron chi connectivity index (χ2n) is 7.43. The molecule has 0 spiro atoms. The van der Waals surface area contributed by atoms with E-state index < -0.39 is 5.92 Å². The molecule has 4 rings (SSSR count). The minimum absolute atomic E-state index is 0.104. The van der Waals surface area contributed by atoms with Crippen LogP contribution in [0.5, 0.6) is 17.2 Å². The topological polar surface area (TPSA) is 106 Å². The van der Waals surface area contributed by atoms with Gasteiger partial charge in [0.2, 0.25) is 17.6 Å². The van der Waals surface area contributed by atoms with Crippen molar-refractivity contribution in [3.8, 4) is 17.2 Å². The number of ether oxygens (including phenoxy) is 3. The highest BCUT2D eigenvalue weighted by atomic mass is 16.5. The number of anilines is 2. The molecule has 2 aliphatic rings. The summed E-state index contributed by atoms with van der Waals surface area (Å²) >= 11 is 0. The van der Waals surface area contributed by atoms with Crippen molar-refractivity contribution in [1.82, 2.24) is 9.97 Å². The van der Waals surface area contributed by atoms with Crippen LogP contribution < -0.4 is 30.0 Å². The molecule has 1 aromatic heterocycles. The predicted octanol–water partition coefficient (Wildman–Crippen LogP) is 2.26. The lowest BCUT2D eigenvalue weighted by molar-refractivity contribution is -0.116. The Morgan fingerprint density at radius 2 is 1.73 bits per heavy atom. The molecule has 0 radical (unpaired) electrons. The maximum atomic E-state index is 13.1. The first-order chi connectivity index (χ1) is 14.6. The highest BCUT2D eigenvalue weighted by Gasteiger charge is 2.34. The predicted molar refractivity (Wildman–Crippen MR) is 112 cm³/mol. The molecule has 0 aliphatic carbocycles. The van der Waals surface area contributed by atoms with Crippen molar-refractivity contribution in [2.45, 2.75) is 31.6 Å². The van der Waals surface area contributed by atoms with Gasteiger partial charge in [-0.25, -0.2) is 0 Å². The van der Waals surface area contributed by atoms with Crippen LogP contribution in [0.15, 0.2) is 16.9 Å². The zero-order valence-electron chi connectivity index (χ0n) is 17.4. The van der Waals surface area contributed by atoms with Crippen LogP contribution in [0.1, 0.15) is 42.7 Å². The molecule has 1 unspecified atom stereocenters. The Kier molecular flexibility index (Phi) is 5.52. The SMILES string of the molecule is COc1ccc(C2CC(=O)Nc3nc(N4CCCCC4)[nH]c(=O)c32)c(OC)c1OC. The highest BCUT2D eigenvalue weighted by molar-refractivity contribution is 5.94. The number of nitrogens with one attached hydrogen (secondary N) is 2. The summed E-state index contributed by atoms with van der Waals surface area (Å²) in [4.78, 5) is 35.2. The minimum Gasteiger partial charge on any atom is -0.493 e. The first-order valence-corrected chi connectivity index (χ1v) is 10.0. The van der Waals surface area contributed by atoms with Gasteiger partial charge in [0.25, 0.3) is 5.56 Å². The minimum atomic E-state index is -0.518. The fourth-order valence-electron chi connectivity index (χ4n) is 4.28. The van der Waals surface area contributed by atoms with Crippen LogP contribution in [-0.2, 0) is 4.79 Å². The quantitative estimate of drug-likeness (QED) is 0.773. The molecule has 0 bridgehead atoms. The third kappa shape index (κ3) is 3.44. The number of fused-ring (bicyclic) bond motifs is 1. The number of nitrogens with zero attached hydrogens (tertiary/aromatic N) is 2. The van der Waals surface area contributed by atoms with Crippen molar-refractivity contribution in [1.29, 1.82) is 0 Å². The third-order valence-corrected chi connectivity index (χ3v) is 5.70. The number of carbonyl (C=O) groups is 1. The summed E-state index contributed by atoms with van der Waals surface area (Å²) in [5.41, 5.74) is 0.826. The summed E-state index contributed by atoms with van der Waals surface area (Å²) in [6.07, 6.45) is 3.38. The fraction of sp³-hybridized carbons (Fsp3) is 0.476. The lowest BCUT2D eigenvalue weighted by Gasteiger charge is -2.30. The normalized spacial score (nSPS) is 18.4. The van der Waals surface area contributed by atoms with Gasteiger partial charge in [-0.2, -0.15) is 4.98 Å². The summed E-state index contributed by atoms with van der Waals surface area (Å²) in [5.74, 6) is 1.44. The summed E-state index contributed by atoms with van der Waals surface area (Å²) in [7, 11) is 4.58. The summed E-state index contributed by atoms with van der Waals surface area (Å²) in [6, 6.07) is 3.54. The number of hydrogen-bond acceptors (Lipinski definition) is 7. The summed E-state index contributed by atoms with van der Waals surface area (Å²) in [6.45, 7) is 1.67. The van der Waals surface area contributed by atoms with Gasteiger partial charge in [0.1, 0.15) is 5.82 Å². The van der Waals surface area contributed by atoms with Crippen molar-refractivity contribution in [2.75, 3.05) is 44.6 Å². The number of amides is 1. The zero-order valence-corrected chi connectivity index (χ0v) is 17.4. The maximum absolute atomic E-state index is 13.1. The Balaban J connectivity index is 1.83.